The van der Waals surface area contributed by atoms with Gasteiger partial charge in [-0.25, -0.2) is 4.79 Å². The first-order valence-electron chi connectivity index (χ1n) is 4.60. The van der Waals surface area contributed by atoms with Crippen molar-refractivity contribution < 1.29 is 9.59 Å². The smallest absolute Gasteiger partial charge is 0.324 e. The van der Waals surface area contributed by atoms with Gasteiger partial charge in [-0.1, -0.05) is 33.6 Å². The predicted octanol–water partition coefficient (Wildman–Crippen LogP) is 2.15. The summed E-state index contributed by atoms with van der Waals surface area (Å²) in [5, 5.41) is 2.99. The number of rotatable bonds is 2. The van der Waals surface area contributed by atoms with Crippen LogP contribution in [-0.2, 0) is 11.3 Å². The number of hydrogen-bond donors (Lipinski definition) is 1. The standard InChI is InChI=1S/C10H8BrClN2O2/c11-7-2-1-6(8(12)3-7)5-14-9(15)4-13-10(14)16/h1-3H,4-5H2,(H,13,16). The molecule has 3 amide bonds. The molecule has 0 bridgehead atoms. The highest BCUT2D eigenvalue weighted by Gasteiger charge is 2.28. The lowest BCUT2D eigenvalue weighted by Gasteiger charge is -2.13. The van der Waals surface area contributed by atoms with Crippen LogP contribution >= 0.6 is 27.5 Å². The molecule has 0 radical (unpaired) electrons. The predicted molar refractivity (Wildman–Crippen MR) is 63.1 cm³/mol. The molecule has 0 spiro atoms. The molecule has 0 unspecified atom stereocenters. The molecule has 0 aliphatic carbocycles. The maximum absolute atomic E-state index is 11.4. The molecule has 6 heteroatoms. The van der Waals surface area contributed by atoms with Gasteiger partial charge < -0.3 is 5.32 Å². The van der Waals surface area contributed by atoms with Gasteiger partial charge in [0.25, 0.3) is 0 Å². The largest absolute Gasteiger partial charge is 0.329 e. The third-order valence-electron chi connectivity index (χ3n) is 2.28. The van der Waals surface area contributed by atoms with E-state index in [1.54, 1.807) is 12.1 Å². The van der Waals surface area contributed by atoms with Crippen LogP contribution in [0.5, 0.6) is 0 Å². The number of nitrogens with zero attached hydrogens (tertiary/aromatic N) is 1. The Hall–Kier alpha value is -1.07. The summed E-state index contributed by atoms with van der Waals surface area (Å²) in [6, 6.07) is 4.96. The van der Waals surface area contributed by atoms with Crippen LogP contribution in [0.15, 0.2) is 22.7 Å². The maximum atomic E-state index is 11.4. The first-order chi connectivity index (χ1) is 7.58. The molecule has 0 atom stereocenters. The van der Waals surface area contributed by atoms with Crippen LogP contribution in [-0.4, -0.2) is 23.4 Å². The van der Waals surface area contributed by atoms with E-state index >= 15 is 0 Å². The average molecular weight is 304 g/mol. The number of nitrogens with one attached hydrogen (secondary N) is 1. The van der Waals surface area contributed by atoms with E-state index in [-0.39, 0.29) is 25.0 Å². The average Bonchev–Trinajstić information content (AvgIpc) is 2.53. The van der Waals surface area contributed by atoms with Crippen molar-refractivity contribution in [3.05, 3.63) is 33.3 Å². The van der Waals surface area contributed by atoms with Gasteiger partial charge in [0.15, 0.2) is 0 Å². The summed E-state index contributed by atoms with van der Waals surface area (Å²) in [6.07, 6.45) is 0. The van der Waals surface area contributed by atoms with Crippen LogP contribution in [0.25, 0.3) is 0 Å². The highest BCUT2D eigenvalue weighted by Crippen LogP contribution is 2.23. The molecule has 0 saturated carbocycles. The van der Waals surface area contributed by atoms with Crippen molar-refractivity contribution in [1.82, 2.24) is 10.2 Å². The van der Waals surface area contributed by atoms with E-state index in [1.165, 1.54) is 0 Å². The molecule has 1 aliphatic rings. The third kappa shape index (κ3) is 2.20. The Balaban J connectivity index is 2.20. The van der Waals surface area contributed by atoms with Gasteiger partial charge in [0.05, 0.1) is 13.1 Å². The Bertz CT molecular complexity index is 448. The van der Waals surface area contributed by atoms with Crippen molar-refractivity contribution in [2.24, 2.45) is 0 Å². The fourth-order valence-corrected chi connectivity index (χ4v) is 2.17. The number of urea groups is 1. The summed E-state index contributed by atoms with van der Waals surface area (Å²) < 4.78 is 0.860. The summed E-state index contributed by atoms with van der Waals surface area (Å²) >= 11 is 9.29. The molecule has 1 fully saturated rings. The minimum absolute atomic E-state index is 0.0625. The molecule has 1 saturated heterocycles. The van der Waals surface area contributed by atoms with Gasteiger partial charge in [0, 0.05) is 9.50 Å². The van der Waals surface area contributed by atoms with Crippen molar-refractivity contribution in [2.45, 2.75) is 6.54 Å². The van der Waals surface area contributed by atoms with Crippen LogP contribution in [0.2, 0.25) is 5.02 Å². The van der Waals surface area contributed by atoms with Gasteiger partial charge in [-0.05, 0) is 17.7 Å². The van der Waals surface area contributed by atoms with Crippen LogP contribution in [0.3, 0.4) is 0 Å². The Morgan fingerprint density at radius 3 is 2.75 bits per heavy atom. The fourth-order valence-electron chi connectivity index (χ4n) is 1.44. The molecule has 4 nitrogen and oxygen atoms in total. The number of imide groups is 1. The van der Waals surface area contributed by atoms with E-state index in [9.17, 15) is 9.59 Å². The topological polar surface area (TPSA) is 49.4 Å². The van der Waals surface area contributed by atoms with Gasteiger partial charge >= 0.3 is 6.03 Å². The number of halogens is 2. The summed E-state index contributed by atoms with van der Waals surface area (Å²) in [5.41, 5.74) is 0.746. The first kappa shape index (κ1) is 11.4. The van der Waals surface area contributed by atoms with Crippen LogP contribution in [0.4, 0.5) is 4.79 Å². The Kier molecular flexibility index (Phi) is 3.16. The molecule has 84 valence electrons. The zero-order chi connectivity index (χ0) is 11.7. The van der Waals surface area contributed by atoms with Crippen molar-refractivity contribution in [3.8, 4) is 0 Å². The van der Waals surface area contributed by atoms with Crippen molar-refractivity contribution in [1.29, 1.82) is 0 Å². The normalized spacial score (nSPS) is 15.5. The monoisotopic (exact) mass is 302 g/mol. The van der Waals surface area contributed by atoms with E-state index in [2.05, 4.69) is 21.2 Å². The molecule has 2 rings (SSSR count). The van der Waals surface area contributed by atoms with Crippen molar-refractivity contribution >= 4 is 39.5 Å². The molecular formula is C10H8BrClN2O2. The second kappa shape index (κ2) is 4.43. The van der Waals surface area contributed by atoms with Gasteiger partial charge in [0.2, 0.25) is 5.91 Å². The molecular weight excluding hydrogens is 295 g/mol. The van der Waals surface area contributed by atoms with Crippen molar-refractivity contribution in [2.75, 3.05) is 6.54 Å². The lowest BCUT2D eigenvalue weighted by Crippen LogP contribution is -2.30. The zero-order valence-corrected chi connectivity index (χ0v) is 10.5. The maximum Gasteiger partial charge on any atom is 0.324 e. The Morgan fingerprint density at radius 2 is 2.19 bits per heavy atom. The highest BCUT2D eigenvalue weighted by atomic mass is 79.9. The fraction of sp³-hybridized carbons (Fsp3) is 0.200. The molecule has 1 aromatic carbocycles. The lowest BCUT2D eigenvalue weighted by atomic mass is 10.2. The molecule has 0 aromatic heterocycles. The third-order valence-corrected chi connectivity index (χ3v) is 3.13. The van der Waals surface area contributed by atoms with Gasteiger partial charge in [-0.2, -0.15) is 0 Å². The van der Waals surface area contributed by atoms with Crippen LogP contribution in [0.1, 0.15) is 5.56 Å². The summed E-state index contributed by atoms with van der Waals surface area (Å²) in [6.45, 7) is 0.268. The van der Waals surface area contributed by atoms with Crippen LogP contribution < -0.4 is 5.32 Å². The minimum Gasteiger partial charge on any atom is -0.329 e. The molecule has 1 aromatic rings. The van der Waals surface area contributed by atoms with Gasteiger partial charge in [0.1, 0.15) is 0 Å². The SMILES string of the molecule is O=C1CNC(=O)N1Cc1ccc(Br)cc1Cl. The second-order valence-corrected chi connectivity index (χ2v) is 4.70. The van der Waals surface area contributed by atoms with Crippen molar-refractivity contribution in [3.63, 3.8) is 0 Å². The van der Waals surface area contributed by atoms with E-state index < -0.39 is 0 Å². The number of carbonyl (C=O) groups excluding carboxylic acids is 2. The number of benzene rings is 1. The highest BCUT2D eigenvalue weighted by molar-refractivity contribution is 9.10. The van der Waals surface area contributed by atoms with Gasteiger partial charge in [-0.15, -0.1) is 0 Å². The Labute approximate surface area is 106 Å². The number of carbonyl (C=O) groups is 2. The quantitative estimate of drug-likeness (QED) is 0.851. The Morgan fingerprint density at radius 1 is 1.44 bits per heavy atom. The van der Waals surface area contributed by atoms with E-state index in [4.69, 9.17) is 11.6 Å². The minimum atomic E-state index is -0.371. The number of amides is 3. The summed E-state index contributed by atoms with van der Waals surface area (Å²) in [7, 11) is 0. The molecule has 16 heavy (non-hydrogen) atoms. The zero-order valence-electron chi connectivity index (χ0n) is 8.17. The second-order valence-electron chi connectivity index (χ2n) is 3.37. The van der Waals surface area contributed by atoms with E-state index in [1.807, 2.05) is 6.07 Å². The van der Waals surface area contributed by atoms with E-state index in [0.717, 1.165) is 14.9 Å². The van der Waals surface area contributed by atoms with Crippen LogP contribution in [0, 0.1) is 0 Å². The molecule has 1 N–H and O–H groups in total. The number of hydrogen-bond acceptors (Lipinski definition) is 2. The molecule has 1 heterocycles. The summed E-state index contributed by atoms with van der Waals surface area (Å²) in [5.74, 6) is -0.232. The summed E-state index contributed by atoms with van der Waals surface area (Å²) in [4.78, 5) is 23.8. The van der Waals surface area contributed by atoms with Gasteiger partial charge in [-0.3, -0.25) is 9.69 Å². The lowest BCUT2D eigenvalue weighted by molar-refractivity contribution is -0.125. The first-order valence-corrected chi connectivity index (χ1v) is 5.77. The van der Waals surface area contributed by atoms with E-state index in [0.29, 0.717) is 5.02 Å². The molecule has 1 aliphatic heterocycles.